The number of hydrogen-bond donors (Lipinski definition) is 0. The Morgan fingerprint density at radius 3 is 2.15 bits per heavy atom. The molecule has 0 fully saturated rings. The Balaban J connectivity index is 0.900. The number of rotatable bonds is 25. The van der Waals surface area contributed by atoms with E-state index in [1.807, 2.05) is 77.5 Å². The van der Waals surface area contributed by atoms with Gasteiger partial charge in [-0.2, -0.15) is 0 Å². The van der Waals surface area contributed by atoms with Gasteiger partial charge in [-0.15, -0.1) is 0 Å². The van der Waals surface area contributed by atoms with E-state index in [-0.39, 0.29) is 48.3 Å². The third-order valence-corrected chi connectivity index (χ3v) is 18.0. The van der Waals surface area contributed by atoms with E-state index < -0.39 is 17.8 Å². The van der Waals surface area contributed by atoms with Gasteiger partial charge in [0.05, 0.1) is 44.2 Å². The summed E-state index contributed by atoms with van der Waals surface area (Å²) < 4.78 is 30.9. The second kappa shape index (κ2) is 25.1. The molecule has 5 aliphatic heterocycles. The van der Waals surface area contributed by atoms with E-state index in [0.29, 0.717) is 97.2 Å². The van der Waals surface area contributed by atoms with E-state index in [9.17, 15) is 24.0 Å². The predicted molar refractivity (Wildman–Crippen MR) is 312 cm³/mol. The van der Waals surface area contributed by atoms with Gasteiger partial charge in [0.1, 0.15) is 19.0 Å². The van der Waals surface area contributed by atoms with Crippen molar-refractivity contribution in [3.05, 3.63) is 148 Å². The van der Waals surface area contributed by atoms with Crippen LogP contribution in [0.2, 0.25) is 0 Å². The summed E-state index contributed by atoms with van der Waals surface area (Å²) >= 11 is 0. The number of benzene rings is 5. The van der Waals surface area contributed by atoms with Gasteiger partial charge in [0.15, 0.2) is 11.5 Å². The number of methoxy groups -OCH3 is 1. The van der Waals surface area contributed by atoms with Gasteiger partial charge in [-0.1, -0.05) is 70.0 Å². The topological polar surface area (TPSA) is 166 Å². The number of fused-ring (bicyclic) bond motifs is 8. The van der Waals surface area contributed by atoms with Gasteiger partial charge in [0.2, 0.25) is 0 Å². The quantitative estimate of drug-likeness (QED) is 0.0308. The molecule has 0 saturated carbocycles. The van der Waals surface area contributed by atoms with Crippen molar-refractivity contribution >= 4 is 80.1 Å². The number of carbonyl (C=O) groups is 5. The van der Waals surface area contributed by atoms with Gasteiger partial charge >= 0.3 is 5.97 Å². The van der Waals surface area contributed by atoms with Crippen molar-refractivity contribution < 1.29 is 52.5 Å². The lowest BCUT2D eigenvalue weighted by Crippen LogP contribution is -2.38. The lowest BCUT2D eigenvalue weighted by molar-refractivity contribution is -0.196. The highest BCUT2D eigenvalue weighted by molar-refractivity contribution is 8.77. The molecular formula is C62H67N5O11S2. The average Bonchev–Trinajstić information content (AvgIpc) is 4.21. The summed E-state index contributed by atoms with van der Waals surface area (Å²) in [5.74, 6) is 0.0602. The monoisotopic (exact) mass is 1120 g/mol. The summed E-state index contributed by atoms with van der Waals surface area (Å²) in [7, 11) is 4.90. The molecule has 5 aromatic rings. The van der Waals surface area contributed by atoms with Crippen LogP contribution in [0, 0.1) is 6.92 Å². The number of anilines is 3. The Bertz CT molecular complexity index is 3220. The van der Waals surface area contributed by atoms with Crippen LogP contribution in [0.25, 0.3) is 0 Å². The lowest BCUT2D eigenvalue weighted by atomic mass is 9.98. The van der Waals surface area contributed by atoms with Crippen LogP contribution < -0.4 is 28.9 Å². The maximum Gasteiger partial charge on any atom is 0.333 e. The summed E-state index contributed by atoms with van der Waals surface area (Å²) in [4.78, 5) is 80.8. The highest BCUT2D eigenvalue weighted by atomic mass is 33.1. The Labute approximate surface area is 475 Å². The van der Waals surface area contributed by atoms with Crippen LogP contribution in [0.5, 0.6) is 17.2 Å². The molecule has 0 N–H and O–H groups in total. The first kappa shape index (κ1) is 56.2. The summed E-state index contributed by atoms with van der Waals surface area (Å²) in [6.07, 6.45) is 8.57. The minimum atomic E-state index is -0.676. The number of imide groups is 1. The summed E-state index contributed by atoms with van der Waals surface area (Å²) in [6.45, 7) is 12.0. The highest BCUT2D eigenvalue weighted by Crippen LogP contribution is 2.43. The Morgan fingerprint density at radius 1 is 0.750 bits per heavy atom. The highest BCUT2D eigenvalue weighted by Gasteiger charge is 2.39. The van der Waals surface area contributed by atoms with E-state index in [2.05, 4.69) is 49.9 Å². The van der Waals surface area contributed by atoms with Crippen LogP contribution in [0.15, 0.2) is 108 Å². The van der Waals surface area contributed by atoms with Gasteiger partial charge in [-0.3, -0.25) is 29.1 Å². The number of para-hydroxylation sites is 2. The molecule has 0 bridgehead atoms. The van der Waals surface area contributed by atoms with Crippen molar-refractivity contribution in [1.82, 2.24) is 5.06 Å². The van der Waals surface area contributed by atoms with Crippen LogP contribution in [0.3, 0.4) is 0 Å². The Hall–Kier alpha value is -7.12. The van der Waals surface area contributed by atoms with Gasteiger partial charge < -0.3 is 38.3 Å². The maximum atomic E-state index is 14.3. The van der Waals surface area contributed by atoms with Crippen LogP contribution in [0.1, 0.15) is 101 Å². The molecule has 2 atom stereocenters. The fraction of sp³-hybridized carbons (Fsp3) is 0.387. The number of nitrogens with zero attached hydrogens (tertiary/aromatic N) is 5. The van der Waals surface area contributed by atoms with Crippen LogP contribution in [-0.2, 0) is 61.2 Å². The minimum absolute atomic E-state index is 0.0279. The van der Waals surface area contributed by atoms with Crippen molar-refractivity contribution in [3.63, 3.8) is 0 Å². The molecule has 0 spiro atoms. The molecule has 16 nitrogen and oxygen atoms in total. The van der Waals surface area contributed by atoms with Crippen molar-refractivity contribution in [1.29, 1.82) is 0 Å². The first-order valence-electron chi connectivity index (χ1n) is 27.4. The molecule has 0 aromatic heterocycles. The fourth-order valence-electron chi connectivity index (χ4n) is 10.8. The molecule has 80 heavy (non-hydrogen) atoms. The number of hydrogen-bond acceptors (Lipinski definition) is 15. The van der Waals surface area contributed by atoms with Crippen LogP contribution >= 0.6 is 21.6 Å². The third kappa shape index (κ3) is 12.7. The van der Waals surface area contributed by atoms with Crippen molar-refractivity contribution in [2.75, 3.05) is 67.1 Å². The molecule has 5 aliphatic rings. The van der Waals surface area contributed by atoms with Crippen LogP contribution in [0.4, 0.5) is 22.7 Å². The van der Waals surface area contributed by atoms with Crippen molar-refractivity contribution in [2.24, 2.45) is 4.99 Å². The average molecular weight is 1120 g/mol. The molecule has 0 radical (unpaired) electrons. The van der Waals surface area contributed by atoms with Crippen LogP contribution in [-0.4, -0.2) is 110 Å². The molecule has 5 heterocycles. The number of aryl methyl sites for hydroxylation is 2. The molecule has 18 heteroatoms. The normalized spacial score (nSPS) is 16.9. The number of aliphatic imine (C=N–C) groups is 1. The second-order valence-corrected chi connectivity index (χ2v) is 24.2. The summed E-state index contributed by atoms with van der Waals surface area (Å²) in [6, 6.07) is 29.9. The zero-order valence-corrected chi connectivity index (χ0v) is 47.5. The third-order valence-electron chi connectivity index (χ3n) is 14.6. The SMILES string of the molecule is CCCOCCOCCN(CC(C)(C)SSCCCC(=O)ON1C(=O)C=CC1=O)c1cc(COc2cc3c(cc2C)C(=O)N2c4ccccc4C[C@H]2CC3)cc(COc2cc3c(cc2OC)C(=O)N2c4ccccc4C[C@H]2C=N3)c1. The van der Waals surface area contributed by atoms with E-state index in [1.54, 1.807) is 40.8 Å². The van der Waals surface area contributed by atoms with E-state index >= 15 is 0 Å². The van der Waals surface area contributed by atoms with Gasteiger partial charge in [0.25, 0.3) is 23.6 Å². The number of ether oxygens (including phenoxy) is 5. The number of amides is 4. The fourth-order valence-corrected chi connectivity index (χ4v) is 13.4. The summed E-state index contributed by atoms with van der Waals surface area (Å²) in [5, 5.41) is 0.481. The molecule has 0 saturated heterocycles. The molecule has 0 aliphatic carbocycles. The number of hydroxylamine groups is 2. The van der Waals surface area contributed by atoms with E-state index in [0.717, 1.165) is 82.7 Å². The van der Waals surface area contributed by atoms with Crippen molar-refractivity contribution in [2.45, 2.75) is 103 Å². The van der Waals surface area contributed by atoms with Gasteiger partial charge in [-0.05, 0) is 135 Å². The number of carbonyl (C=O) groups excluding carboxylic acids is 5. The van der Waals surface area contributed by atoms with Crippen molar-refractivity contribution in [3.8, 4) is 17.2 Å². The Kier molecular flexibility index (Phi) is 17.6. The first-order chi connectivity index (χ1) is 38.8. The molecule has 4 amide bonds. The summed E-state index contributed by atoms with van der Waals surface area (Å²) in [5.41, 5.74) is 10.4. The predicted octanol–water partition coefficient (Wildman–Crippen LogP) is 10.5. The zero-order valence-electron chi connectivity index (χ0n) is 45.9. The van der Waals surface area contributed by atoms with E-state index in [1.165, 1.54) is 5.56 Å². The zero-order chi connectivity index (χ0) is 55.9. The Morgan fingerprint density at radius 2 is 1.43 bits per heavy atom. The van der Waals surface area contributed by atoms with Gasteiger partial charge in [-0.25, -0.2) is 4.79 Å². The molecule has 0 unspecified atom stereocenters. The second-order valence-electron chi connectivity index (χ2n) is 21.1. The molecule has 10 rings (SSSR count). The van der Waals surface area contributed by atoms with Gasteiger partial charge in [0, 0.05) is 96.1 Å². The largest absolute Gasteiger partial charge is 0.493 e. The van der Waals surface area contributed by atoms with E-state index in [4.69, 9.17) is 33.5 Å². The first-order valence-corrected chi connectivity index (χ1v) is 29.7. The maximum absolute atomic E-state index is 14.3. The minimum Gasteiger partial charge on any atom is -0.493 e. The molecule has 5 aromatic carbocycles. The smallest absolute Gasteiger partial charge is 0.333 e. The standard InChI is InChI=1S/C62H67N5O11S2/c1-6-22-74-24-25-75-23-21-64(39-62(3,4)80-79-26-11-16-59(70)78-67-57(68)19-20-58(67)69)47-29-41(37-76-54-33-43-17-18-46-31-44-12-7-9-14-52(44)65(46)60(71)49(43)27-40(54)2)28-42(30-47)38-77-56-35-51-50(34-55(56)73-5)61(72)66-48(36-63-51)32-45-13-8-10-15-53(45)66/h7-10,12-15,19-20,27-30,33-36,46,48H,6,11,16-18,21-26,31-32,37-39H2,1-5H3/t46-,48+/m1/s1. The molecule has 418 valence electrons. The lowest BCUT2D eigenvalue weighted by Gasteiger charge is -2.34. The molecular weight excluding hydrogens is 1050 g/mol.